The number of nitrogens with one attached hydrogen (secondary N) is 2. The lowest BCUT2D eigenvalue weighted by molar-refractivity contribution is 0.0602. The zero-order valence-electron chi connectivity index (χ0n) is 13.2. The van der Waals surface area contributed by atoms with Gasteiger partial charge in [0, 0.05) is 5.69 Å². The van der Waals surface area contributed by atoms with Crippen LogP contribution in [0.15, 0.2) is 54.7 Å². The lowest BCUT2D eigenvalue weighted by Gasteiger charge is -2.10. The molecule has 7 nitrogen and oxygen atoms in total. The molecular formula is C17H14FN5O2. The summed E-state index contributed by atoms with van der Waals surface area (Å²) in [6.45, 7) is 0. The zero-order chi connectivity index (χ0) is 17.6. The molecule has 0 aliphatic carbocycles. The van der Waals surface area contributed by atoms with Crippen molar-refractivity contribution in [2.24, 2.45) is 0 Å². The number of aromatic nitrogens is 3. The van der Waals surface area contributed by atoms with Gasteiger partial charge in [0.25, 0.3) is 0 Å². The SMILES string of the molecule is COC(=O)c1ccccc1Nc1nncc(Nc2ccc(F)cc2)n1. The van der Waals surface area contributed by atoms with Gasteiger partial charge < -0.3 is 15.4 Å². The summed E-state index contributed by atoms with van der Waals surface area (Å²) in [4.78, 5) is 16.1. The molecule has 1 heterocycles. The molecule has 0 amide bonds. The van der Waals surface area contributed by atoms with Crippen LogP contribution in [0.2, 0.25) is 0 Å². The number of ether oxygens (including phenoxy) is 1. The molecule has 0 spiro atoms. The number of hydrogen-bond donors (Lipinski definition) is 2. The molecule has 0 saturated heterocycles. The van der Waals surface area contributed by atoms with Crippen molar-refractivity contribution in [1.82, 2.24) is 15.2 Å². The van der Waals surface area contributed by atoms with Crippen LogP contribution >= 0.6 is 0 Å². The van der Waals surface area contributed by atoms with Gasteiger partial charge in [0.05, 0.1) is 24.6 Å². The fourth-order valence-electron chi connectivity index (χ4n) is 2.10. The average Bonchev–Trinajstić information content (AvgIpc) is 2.64. The second kappa shape index (κ2) is 7.35. The number of carbonyl (C=O) groups is 1. The van der Waals surface area contributed by atoms with E-state index in [0.717, 1.165) is 0 Å². The highest BCUT2D eigenvalue weighted by atomic mass is 19.1. The van der Waals surface area contributed by atoms with Crippen molar-refractivity contribution in [3.05, 3.63) is 66.1 Å². The van der Waals surface area contributed by atoms with Gasteiger partial charge in [-0.2, -0.15) is 10.1 Å². The lowest BCUT2D eigenvalue weighted by atomic mass is 10.2. The Hall–Kier alpha value is -3.55. The molecule has 25 heavy (non-hydrogen) atoms. The first-order valence-corrected chi connectivity index (χ1v) is 7.32. The third-order valence-electron chi connectivity index (χ3n) is 3.25. The van der Waals surface area contributed by atoms with Crippen molar-refractivity contribution < 1.29 is 13.9 Å². The van der Waals surface area contributed by atoms with E-state index < -0.39 is 5.97 Å². The highest BCUT2D eigenvalue weighted by Crippen LogP contribution is 2.20. The molecule has 0 bridgehead atoms. The van der Waals surface area contributed by atoms with E-state index in [1.165, 1.54) is 25.4 Å². The van der Waals surface area contributed by atoms with Gasteiger partial charge in [-0.15, -0.1) is 5.10 Å². The van der Waals surface area contributed by atoms with Gasteiger partial charge in [0.1, 0.15) is 5.82 Å². The monoisotopic (exact) mass is 339 g/mol. The van der Waals surface area contributed by atoms with Crippen LogP contribution in [0, 0.1) is 5.82 Å². The van der Waals surface area contributed by atoms with Crippen LogP contribution < -0.4 is 10.6 Å². The Bertz CT molecular complexity index is 886. The van der Waals surface area contributed by atoms with Crippen molar-refractivity contribution in [3.63, 3.8) is 0 Å². The number of rotatable bonds is 5. The number of benzene rings is 2. The standard InChI is InChI=1S/C17H14FN5O2/c1-25-16(24)13-4-2-3-5-14(13)21-17-22-15(10-19-23-17)20-12-8-6-11(18)7-9-12/h2-10H,1H3,(H2,20,21,22,23). The number of para-hydroxylation sites is 1. The van der Waals surface area contributed by atoms with Crippen molar-refractivity contribution in [2.75, 3.05) is 17.7 Å². The van der Waals surface area contributed by atoms with E-state index in [2.05, 4.69) is 25.8 Å². The minimum atomic E-state index is -0.475. The van der Waals surface area contributed by atoms with Gasteiger partial charge >= 0.3 is 5.97 Å². The molecule has 0 aliphatic rings. The molecule has 0 radical (unpaired) electrons. The van der Waals surface area contributed by atoms with Crippen LogP contribution in [0.3, 0.4) is 0 Å². The van der Waals surface area contributed by atoms with Crippen molar-refractivity contribution >= 4 is 29.1 Å². The predicted octanol–water partition coefficient (Wildman–Crippen LogP) is 3.28. The number of methoxy groups -OCH3 is 1. The van der Waals surface area contributed by atoms with Crippen molar-refractivity contribution in [2.45, 2.75) is 0 Å². The number of anilines is 4. The summed E-state index contributed by atoms with van der Waals surface area (Å²) < 4.78 is 17.7. The second-order valence-electron chi connectivity index (χ2n) is 4.96. The van der Waals surface area contributed by atoms with Gasteiger partial charge in [-0.1, -0.05) is 12.1 Å². The predicted molar refractivity (Wildman–Crippen MR) is 90.6 cm³/mol. The number of nitrogens with zero attached hydrogens (tertiary/aromatic N) is 3. The summed E-state index contributed by atoms with van der Waals surface area (Å²) in [7, 11) is 1.31. The Morgan fingerprint density at radius 1 is 1.08 bits per heavy atom. The Morgan fingerprint density at radius 2 is 1.84 bits per heavy atom. The van der Waals surface area contributed by atoms with E-state index in [0.29, 0.717) is 22.8 Å². The lowest BCUT2D eigenvalue weighted by Crippen LogP contribution is -2.08. The first kappa shape index (κ1) is 16.3. The smallest absolute Gasteiger partial charge is 0.339 e. The van der Waals surface area contributed by atoms with Crippen LogP contribution in [0.5, 0.6) is 0 Å². The number of halogens is 1. The third kappa shape index (κ3) is 4.05. The van der Waals surface area contributed by atoms with E-state index in [9.17, 15) is 9.18 Å². The minimum absolute atomic E-state index is 0.198. The van der Waals surface area contributed by atoms with Gasteiger partial charge in [0.2, 0.25) is 5.95 Å². The average molecular weight is 339 g/mol. The molecular weight excluding hydrogens is 325 g/mol. The molecule has 2 N–H and O–H groups in total. The molecule has 0 saturated carbocycles. The molecule has 1 aromatic heterocycles. The van der Waals surface area contributed by atoms with Crippen molar-refractivity contribution in [3.8, 4) is 0 Å². The van der Waals surface area contributed by atoms with Crippen LogP contribution in [0.25, 0.3) is 0 Å². The fourth-order valence-corrected chi connectivity index (χ4v) is 2.10. The molecule has 3 rings (SSSR count). The molecule has 0 unspecified atom stereocenters. The van der Waals surface area contributed by atoms with Gasteiger partial charge in [-0.3, -0.25) is 0 Å². The highest BCUT2D eigenvalue weighted by Gasteiger charge is 2.12. The summed E-state index contributed by atoms with van der Waals surface area (Å²) in [6, 6.07) is 12.7. The normalized spacial score (nSPS) is 10.2. The third-order valence-corrected chi connectivity index (χ3v) is 3.25. The second-order valence-corrected chi connectivity index (χ2v) is 4.96. The Kier molecular flexibility index (Phi) is 4.79. The van der Waals surface area contributed by atoms with E-state index in [1.807, 2.05) is 0 Å². The first-order valence-electron chi connectivity index (χ1n) is 7.32. The van der Waals surface area contributed by atoms with Crippen LogP contribution in [0.1, 0.15) is 10.4 Å². The van der Waals surface area contributed by atoms with E-state index >= 15 is 0 Å². The molecule has 0 atom stereocenters. The Morgan fingerprint density at radius 3 is 2.60 bits per heavy atom. The van der Waals surface area contributed by atoms with Gasteiger partial charge in [-0.05, 0) is 36.4 Å². The maximum Gasteiger partial charge on any atom is 0.339 e. The summed E-state index contributed by atoms with van der Waals surface area (Å²) >= 11 is 0. The maximum absolute atomic E-state index is 13.0. The van der Waals surface area contributed by atoms with E-state index in [-0.39, 0.29) is 11.8 Å². The van der Waals surface area contributed by atoms with Gasteiger partial charge in [0.15, 0.2) is 5.82 Å². The van der Waals surface area contributed by atoms with Crippen LogP contribution in [-0.2, 0) is 4.74 Å². The first-order chi connectivity index (χ1) is 12.2. The quantitative estimate of drug-likeness (QED) is 0.690. The summed E-state index contributed by atoms with van der Waals surface area (Å²) in [5.74, 6) is -0.187. The highest BCUT2D eigenvalue weighted by molar-refractivity contribution is 5.96. The Labute approximate surface area is 142 Å². The topological polar surface area (TPSA) is 89.0 Å². The molecule has 0 fully saturated rings. The molecule has 8 heteroatoms. The van der Waals surface area contributed by atoms with Crippen LogP contribution in [-0.4, -0.2) is 28.3 Å². The van der Waals surface area contributed by atoms with E-state index in [1.54, 1.807) is 36.4 Å². The fraction of sp³-hybridized carbons (Fsp3) is 0.0588. The number of esters is 1. The summed E-state index contributed by atoms with van der Waals surface area (Å²) in [5, 5.41) is 13.7. The molecule has 2 aromatic carbocycles. The Balaban J connectivity index is 1.81. The number of carbonyl (C=O) groups excluding carboxylic acids is 1. The van der Waals surface area contributed by atoms with Crippen molar-refractivity contribution in [1.29, 1.82) is 0 Å². The maximum atomic E-state index is 13.0. The molecule has 126 valence electrons. The zero-order valence-corrected chi connectivity index (χ0v) is 13.2. The molecule has 3 aromatic rings. The summed E-state index contributed by atoms with van der Waals surface area (Å²) in [6.07, 6.45) is 1.43. The minimum Gasteiger partial charge on any atom is -0.465 e. The summed E-state index contributed by atoms with van der Waals surface area (Å²) in [5.41, 5.74) is 1.50. The van der Waals surface area contributed by atoms with Gasteiger partial charge in [-0.25, -0.2) is 9.18 Å². The molecule has 0 aliphatic heterocycles. The van der Waals surface area contributed by atoms with Crippen LogP contribution in [0.4, 0.5) is 27.5 Å². The largest absolute Gasteiger partial charge is 0.465 e. The van der Waals surface area contributed by atoms with E-state index in [4.69, 9.17) is 4.74 Å². The number of hydrogen-bond acceptors (Lipinski definition) is 7.